The number of pyridine rings is 1. The Bertz CT molecular complexity index is 2270. The molecule has 0 N–H and O–H groups in total. The number of fused-ring (bicyclic) bond motifs is 3. The first-order valence-corrected chi connectivity index (χ1v) is 18.7. The first kappa shape index (κ1) is 39.2. The maximum atomic E-state index is 17.4. The summed E-state index contributed by atoms with van der Waals surface area (Å²) in [6.07, 6.45) is 0.169. The van der Waals surface area contributed by atoms with Gasteiger partial charge in [0, 0.05) is 63.9 Å². The Morgan fingerprint density at radius 2 is 1.89 bits per heavy atom. The molecule has 2 aromatic carbocycles. The summed E-state index contributed by atoms with van der Waals surface area (Å²) < 4.78 is 80.2. The number of amides is 1. The number of methoxy groups -OCH3 is 1. The number of piperidine rings is 1. The molecule has 1 fully saturated rings. The third-order valence-electron chi connectivity index (χ3n) is 10.9. The van der Waals surface area contributed by atoms with E-state index in [-0.39, 0.29) is 48.5 Å². The van der Waals surface area contributed by atoms with Crippen LogP contribution in [-0.2, 0) is 24.2 Å². The van der Waals surface area contributed by atoms with Gasteiger partial charge in [-0.25, -0.2) is 17.6 Å². The topological polar surface area (TPSA) is 111 Å². The van der Waals surface area contributed by atoms with E-state index in [0.717, 1.165) is 5.69 Å². The standard InChI is InChI=1S/C40H46F4N8O4/c1-7-26-30(41)10-9-23-15-25(56-22-54-6)17-27(32(23)26)34-33(42)35-28(18-45-34)37(51-12-8-13-52-24(19-51)16-31(48-52)38(53)49(3)4)47-39(46-35)55-21-40(2)20-50(5)14-11-29(40)36(43)44/h9-10,15-18,29,36H,7-8,11-14,19-22H2,1-6H3/t29-,40+/m1/s1. The second kappa shape index (κ2) is 15.8. The van der Waals surface area contributed by atoms with Gasteiger partial charge in [-0.05, 0) is 73.5 Å². The summed E-state index contributed by atoms with van der Waals surface area (Å²) in [5, 5.41) is 5.92. The van der Waals surface area contributed by atoms with Crippen molar-refractivity contribution < 1.29 is 36.6 Å². The highest BCUT2D eigenvalue weighted by molar-refractivity contribution is 6.02. The van der Waals surface area contributed by atoms with Crippen molar-refractivity contribution in [3.8, 4) is 23.0 Å². The van der Waals surface area contributed by atoms with E-state index >= 15 is 8.78 Å². The van der Waals surface area contributed by atoms with Gasteiger partial charge in [0.2, 0.25) is 6.43 Å². The fourth-order valence-corrected chi connectivity index (χ4v) is 8.06. The number of ether oxygens (including phenoxy) is 3. The number of benzene rings is 2. The van der Waals surface area contributed by atoms with Crippen LogP contribution >= 0.6 is 0 Å². The molecule has 16 heteroatoms. The predicted molar refractivity (Wildman–Crippen MR) is 203 cm³/mol. The van der Waals surface area contributed by atoms with E-state index in [1.54, 1.807) is 50.0 Å². The molecule has 0 saturated carbocycles. The van der Waals surface area contributed by atoms with Crippen molar-refractivity contribution in [2.45, 2.75) is 52.6 Å². The third-order valence-corrected chi connectivity index (χ3v) is 10.9. The van der Waals surface area contributed by atoms with Crippen LogP contribution in [0, 0.1) is 23.0 Å². The van der Waals surface area contributed by atoms with Crippen molar-refractivity contribution in [2.24, 2.45) is 11.3 Å². The number of anilines is 1. The zero-order chi connectivity index (χ0) is 39.9. The molecule has 12 nitrogen and oxygen atoms in total. The molecule has 5 heterocycles. The van der Waals surface area contributed by atoms with Crippen molar-refractivity contribution in [1.82, 2.24) is 34.5 Å². The molecule has 0 aliphatic carbocycles. The van der Waals surface area contributed by atoms with E-state index in [1.165, 1.54) is 24.3 Å². The lowest BCUT2D eigenvalue weighted by molar-refractivity contribution is -0.0679. The van der Waals surface area contributed by atoms with Crippen LogP contribution in [0.5, 0.6) is 11.8 Å². The molecule has 2 aliphatic heterocycles. The number of rotatable bonds is 11. The zero-order valence-corrected chi connectivity index (χ0v) is 32.4. The van der Waals surface area contributed by atoms with Crippen molar-refractivity contribution in [2.75, 3.05) is 66.2 Å². The highest BCUT2D eigenvalue weighted by Gasteiger charge is 2.44. The number of halogens is 4. The van der Waals surface area contributed by atoms with E-state index < -0.39 is 29.4 Å². The zero-order valence-electron chi connectivity index (χ0n) is 32.4. The monoisotopic (exact) mass is 778 g/mol. The molecular formula is C40H46F4N8O4. The smallest absolute Gasteiger partial charge is 0.319 e. The summed E-state index contributed by atoms with van der Waals surface area (Å²) in [6, 6.07) is 7.86. The number of aryl methyl sites for hydroxylation is 2. The van der Waals surface area contributed by atoms with E-state index in [9.17, 15) is 13.6 Å². The second-order valence-electron chi connectivity index (χ2n) is 15.1. The fraction of sp³-hybridized carbons (Fsp3) is 0.475. The molecule has 1 saturated heterocycles. The van der Waals surface area contributed by atoms with Crippen LogP contribution in [0.4, 0.5) is 23.4 Å². The molecular weight excluding hydrogens is 732 g/mol. The number of hydrogen-bond acceptors (Lipinski definition) is 10. The highest BCUT2D eigenvalue weighted by Crippen LogP contribution is 2.42. The average molecular weight is 779 g/mol. The van der Waals surface area contributed by atoms with Crippen LogP contribution in [0.15, 0.2) is 36.5 Å². The lowest BCUT2D eigenvalue weighted by Crippen LogP contribution is -2.51. The minimum absolute atomic E-state index is 0.0711. The number of alkyl halides is 2. The van der Waals surface area contributed by atoms with Crippen LogP contribution in [0.2, 0.25) is 0 Å². The van der Waals surface area contributed by atoms with Gasteiger partial charge < -0.3 is 28.9 Å². The Kier molecular flexibility index (Phi) is 11.1. The number of likely N-dealkylation sites (tertiary alicyclic amines) is 1. The Morgan fingerprint density at radius 1 is 1.09 bits per heavy atom. The van der Waals surface area contributed by atoms with E-state index in [4.69, 9.17) is 19.2 Å². The van der Waals surface area contributed by atoms with Crippen molar-refractivity contribution >= 4 is 33.4 Å². The van der Waals surface area contributed by atoms with Gasteiger partial charge in [0.1, 0.15) is 28.6 Å². The van der Waals surface area contributed by atoms with Gasteiger partial charge in [0.05, 0.1) is 24.2 Å². The van der Waals surface area contributed by atoms with Gasteiger partial charge in [-0.1, -0.05) is 19.9 Å². The normalized spacial score (nSPS) is 19.1. The van der Waals surface area contributed by atoms with Crippen LogP contribution < -0.4 is 14.4 Å². The maximum absolute atomic E-state index is 17.4. The second-order valence-corrected chi connectivity index (χ2v) is 15.1. The quantitative estimate of drug-likeness (QED) is 0.108. The molecule has 2 aliphatic rings. The van der Waals surface area contributed by atoms with Crippen LogP contribution in [0.1, 0.15) is 48.4 Å². The van der Waals surface area contributed by atoms with Crippen LogP contribution in [-0.4, -0.2) is 108 Å². The minimum atomic E-state index is -2.56. The molecule has 0 bridgehead atoms. The molecule has 0 unspecified atom stereocenters. The Hall–Kier alpha value is -5.09. The maximum Gasteiger partial charge on any atom is 0.319 e. The van der Waals surface area contributed by atoms with Crippen molar-refractivity contribution in [3.05, 3.63) is 65.1 Å². The Morgan fingerprint density at radius 3 is 2.62 bits per heavy atom. The van der Waals surface area contributed by atoms with Crippen LogP contribution in [0.3, 0.4) is 0 Å². The number of aromatic nitrogens is 5. The lowest BCUT2D eigenvalue weighted by Gasteiger charge is -2.44. The molecule has 2 atom stereocenters. The predicted octanol–water partition coefficient (Wildman–Crippen LogP) is 6.58. The third kappa shape index (κ3) is 7.43. The van der Waals surface area contributed by atoms with Gasteiger partial charge >= 0.3 is 6.01 Å². The van der Waals surface area contributed by atoms with Gasteiger partial charge in [0.25, 0.3) is 5.91 Å². The van der Waals surface area contributed by atoms with E-state index in [0.29, 0.717) is 84.6 Å². The molecule has 1 amide bonds. The SMILES string of the molecule is CCc1c(F)ccc2cc(OCOC)cc(-c3ncc4c(N5CCCn6nc(C(=O)N(C)C)cc6C5)nc(OC[C@]5(C)CN(C)CC[C@@H]5C(F)F)nc4c3F)c12. The molecule has 298 valence electrons. The molecule has 5 aromatic rings. The number of hydrogen-bond donors (Lipinski definition) is 0. The molecule has 7 rings (SSSR count). The highest BCUT2D eigenvalue weighted by atomic mass is 19.3. The number of nitrogens with zero attached hydrogens (tertiary/aromatic N) is 8. The first-order valence-electron chi connectivity index (χ1n) is 18.7. The number of carbonyl (C=O) groups is 1. The summed E-state index contributed by atoms with van der Waals surface area (Å²) in [5.74, 6) is -1.72. The average Bonchev–Trinajstić information content (AvgIpc) is 3.46. The van der Waals surface area contributed by atoms with Gasteiger partial charge in [-0.3, -0.25) is 14.5 Å². The summed E-state index contributed by atoms with van der Waals surface area (Å²) >= 11 is 0. The van der Waals surface area contributed by atoms with E-state index in [1.807, 2.05) is 23.8 Å². The minimum Gasteiger partial charge on any atom is -0.468 e. The lowest BCUT2D eigenvalue weighted by atomic mass is 9.73. The first-order chi connectivity index (χ1) is 26.8. The fourth-order valence-electron chi connectivity index (χ4n) is 8.06. The summed E-state index contributed by atoms with van der Waals surface area (Å²) in [4.78, 5) is 32.2. The van der Waals surface area contributed by atoms with Crippen molar-refractivity contribution in [3.63, 3.8) is 0 Å². The largest absolute Gasteiger partial charge is 0.468 e. The Labute approximate surface area is 322 Å². The summed E-state index contributed by atoms with van der Waals surface area (Å²) in [7, 11) is 6.67. The molecule has 56 heavy (non-hydrogen) atoms. The van der Waals surface area contributed by atoms with Gasteiger partial charge in [-0.2, -0.15) is 15.1 Å². The van der Waals surface area contributed by atoms with Crippen LogP contribution in [0.25, 0.3) is 32.9 Å². The number of carbonyl (C=O) groups excluding carboxylic acids is 1. The summed E-state index contributed by atoms with van der Waals surface area (Å²) in [5.41, 5.74) is 0.566. The molecule has 3 aromatic heterocycles. The molecule has 0 radical (unpaired) electrons. The van der Waals surface area contributed by atoms with Gasteiger partial charge in [-0.15, -0.1) is 0 Å². The van der Waals surface area contributed by atoms with Gasteiger partial charge in [0.15, 0.2) is 18.3 Å². The Balaban J connectivity index is 1.38. The van der Waals surface area contributed by atoms with E-state index in [2.05, 4.69) is 15.1 Å². The summed E-state index contributed by atoms with van der Waals surface area (Å²) in [6.45, 7) is 5.55. The van der Waals surface area contributed by atoms with Crippen molar-refractivity contribution in [1.29, 1.82) is 0 Å². The molecule has 0 spiro atoms.